The van der Waals surface area contributed by atoms with Crippen LogP contribution in [0.5, 0.6) is 5.75 Å². The van der Waals surface area contributed by atoms with Gasteiger partial charge in [0.2, 0.25) is 11.5 Å². The SMILES string of the molecule is O=C1/C(=C\c2cccc([N+](=O)[O-])c2O)Sc2ccccc21. The predicted molar refractivity (Wildman–Crippen MR) is 79.4 cm³/mol. The highest BCUT2D eigenvalue weighted by Crippen LogP contribution is 2.42. The van der Waals surface area contributed by atoms with Crippen molar-refractivity contribution in [2.75, 3.05) is 0 Å². The maximum absolute atomic E-state index is 12.2. The number of allylic oxidation sites excluding steroid dienone is 1. The Labute approximate surface area is 124 Å². The van der Waals surface area contributed by atoms with E-state index in [1.54, 1.807) is 12.1 Å². The fourth-order valence-electron chi connectivity index (χ4n) is 2.09. The number of phenolic OH excluding ortho intramolecular Hbond substituents is 1. The highest BCUT2D eigenvalue weighted by atomic mass is 32.2. The van der Waals surface area contributed by atoms with Crippen molar-refractivity contribution in [2.24, 2.45) is 0 Å². The summed E-state index contributed by atoms with van der Waals surface area (Å²) in [4.78, 5) is 23.7. The molecule has 0 amide bonds. The lowest BCUT2D eigenvalue weighted by atomic mass is 10.1. The molecule has 0 unspecified atom stereocenters. The molecule has 1 heterocycles. The topological polar surface area (TPSA) is 80.4 Å². The molecule has 1 aliphatic heterocycles. The normalized spacial score (nSPS) is 15.2. The quantitative estimate of drug-likeness (QED) is 0.520. The van der Waals surface area contributed by atoms with Crippen LogP contribution in [-0.4, -0.2) is 15.8 Å². The van der Waals surface area contributed by atoms with Crippen LogP contribution in [0.4, 0.5) is 5.69 Å². The molecule has 0 spiro atoms. The van der Waals surface area contributed by atoms with Crippen molar-refractivity contribution >= 4 is 29.3 Å². The van der Waals surface area contributed by atoms with E-state index in [4.69, 9.17) is 0 Å². The number of hydrogen-bond acceptors (Lipinski definition) is 5. The largest absolute Gasteiger partial charge is 0.502 e. The number of hydrogen-bond donors (Lipinski definition) is 1. The maximum Gasteiger partial charge on any atom is 0.311 e. The molecule has 0 fully saturated rings. The van der Waals surface area contributed by atoms with Gasteiger partial charge in [-0.1, -0.05) is 36.0 Å². The summed E-state index contributed by atoms with van der Waals surface area (Å²) in [6, 6.07) is 11.4. The molecule has 21 heavy (non-hydrogen) atoms. The number of ketones is 1. The molecule has 1 aliphatic rings. The second-order valence-corrected chi connectivity index (χ2v) is 5.49. The Morgan fingerprint density at radius 2 is 1.90 bits per heavy atom. The minimum atomic E-state index is -0.657. The maximum atomic E-state index is 12.2. The first-order chi connectivity index (χ1) is 10.1. The van der Waals surface area contributed by atoms with Gasteiger partial charge in [0.25, 0.3) is 0 Å². The molecule has 3 rings (SSSR count). The van der Waals surface area contributed by atoms with Crippen LogP contribution >= 0.6 is 11.8 Å². The van der Waals surface area contributed by atoms with Gasteiger partial charge < -0.3 is 5.11 Å². The second kappa shape index (κ2) is 5.06. The van der Waals surface area contributed by atoms with Gasteiger partial charge in [-0.25, -0.2) is 0 Å². The Bertz CT molecular complexity index is 798. The fourth-order valence-corrected chi connectivity index (χ4v) is 3.13. The summed E-state index contributed by atoms with van der Waals surface area (Å²) in [5.41, 5.74) is 0.490. The Morgan fingerprint density at radius 3 is 2.62 bits per heavy atom. The van der Waals surface area contributed by atoms with Gasteiger partial charge in [0, 0.05) is 22.1 Å². The van der Waals surface area contributed by atoms with Crippen LogP contribution in [0.25, 0.3) is 6.08 Å². The number of thioether (sulfide) groups is 1. The molecule has 5 nitrogen and oxygen atoms in total. The number of nitrogens with zero attached hydrogens (tertiary/aromatic N) is 1. The lowest BCUT2D eigenvalue weighted by Gasteiger charge is -2.01. The van der Waals surface area contributed by atoms with Gasteiger partial charge in [-0.15, -0.1) is 0 Å². The monoisotopic (exact) mass is 299 g/mol. The second-order valence-electron chi connectivity index (χ2n) is 4.41. The molecule has 104 valence electrons. The zero-order valence-electron chi connectivity index (χ0n) is 10.6. The van der Waals surface area contributed by atoms with Gasteiger partial charge in [0.15, 0.2) is 0 Å². The Kier molecular flexibility index (Phi) is 3.23. The first-order valence-corrected chi connectivity index (χ1v) is 6.89. The summed E-state index contributed by atoms with van der Waals surface area (Å²) in [6.07, 6.45) is 1.48. The Balaban J connectivity index is 2.04. The minimum absolute atomic E-state index is 0.137. The van der Waals surface area contributed by atoms with E-state index in [1.807, 2.05) is 12.1 Å². The Morgan fingerprint density at radius 1 is 1.14 bits per heavy atom. The average molecular weight is 299 g/mol. The minimum Gasteiger partial charge on any atom is -0.502 e. The number of phenols is 1. The van der Waals surface area contributed by atoms with E-state index in [0.717, 1.165) is 4.90 Å². The van der Waals surface area contributed by atoms with Crippen molar-refractivity contribution in [3.63, 3.8) is 0 Å². The van der Waals surface area contributed by atoms with Crippen molar-refractivity contribution in [2.45, 2.75) is 4.90 Å². The van der Waals surface area contributed by atoms with Crippen LogP contribution in [0.3, 0.4) is 0 Å². The van der Waals surface area contributed by atoms with E-state index in [0.29, 0.717) is 10.5 Å². The van der Waals surface area contributed by atoms with Crippen molar-refractivity contribution in [3.05, 3.63) is 68.6 Å². The van der Waals surface area contributed by atoms with Gasteiger partial charge in [-0.05, 0) is 18.2 Å². The van der Waals surface area contributed by atoms with Crippen LogP contribution in [-0.2, 0) is 0 Å². The summed E-state index contributed by atoms with van der Waals surface area (Å²) in [5, 5.41) is 20.7. The number of Topliss-reactive ketones (excluding diaryl/α,β-unsaturated/α-hetero) is 1. The van der Waals surface area contributed by atoms with Gasteiger partial charge in [-0.2, -0.15) is 0 Å². The molecule has 2 aromatic carbocycles. The molecular formula is C15H9NO4S. The van der Waals surface area contributed by atoms with Gasteiger partial charge in [0.1, 0.15) is 0 Å². The molecule has 0 aromatic heterocycles. The lowest BCUT2D eigenvalue weighted by Crippen LogP contribution is -1.94. The summed E-state index contributed by atoms with van der Waals surface area (Å²) < 4.78 is 0. The van der Waals surface area contributed by atoms with E-state index in [1.165, 1.54) is 36.0 Å². The number of nitro benzene ring substituents is 1. The van der Waals surface area contributed by atoms with Crippen LogP contribution in [0.15, 0.2) is 52.3 Å². The van der Waals surface area contributed by atoms with Crippen molar-refractivity contribution < 1.29 is 14.8 Å². The summed E-state index contributed by atoms with van der Waals surface area (Å²) in [6.45, 7) is 0. The Hall–Kier alpha value is -2.60. The zero-order chi connectivity index (χ0) is 15.0. The van der Waals surface area contributed by atoms with E-state index in [2.05, 4.69) is 0 Å². The molecule has 2 aromatic rings. The first kappa shape index (κ1) is 13.4. The number of fused-ring (bicyclic) bond motifs is 1. The summed E-state index contributed by atoms with van der Waals surface area (Å²) in [7, 11) is 0. The van der Waals surface area contributed by atoms with Crippen LogP contribution in [0.1, 0.15) is 15.9 Å². The molecular weight excluding hydrogens is 290 g/mol. The van der Waals surface area contributed by atoms with Gasteiger partial charge in [-0.3, -0.25) is 14.9 Å². The number of aromatic hydroxyl groups is 1. The summed E-state index contributed by atoms with van der Waals surface area (Å²) >= 11 is 1.29. The molecule has 0 saturated carbocycles. The zero-order valence-corrected chi connectivity index (χ0v) is 11.5. The van der Waals surface area contributed by atoms with E-state index in [9.17, 15) is 20.0 Å². The van der Waals surface area contributed by atoms with E-state index in [-0.39, 0.29) is 17.0 Å². The number of rotatable bonds is 2. The van der Waals surface area contributed by atoms with E-state index < -0.39 is 10.7 Å². The van der Waals surface area contributed by atoms with Gasteiger partial charge >= 0.3 is 5.69 Å². The van der Waals surface area contributed by atoms with Crippen LogP contribution in [0.2, 0.25) is 0 Å². The molecule has 0 saturated heterocycles. The predicted octanol–water partition coefficient (Wildman–Crippen LogP) is 3.63. The van der Waals surface area contributed by atoms with Gasteiger partial charge in [0.05, 0.1) is 9.83 Å². The van der Waals surface area contributed by atoms with E-state index >= 15 is 0 Å². The molecule has 1 N–H and O–H groups in total. The van der Waals surface area contributed by atoms with Crippen molar-refractivity contribution in [1.82, 2.24) is 0 Å². The number of carbonyl (C=O) groups excluding carboxylic acids is 1. The lowest BCUT2D eigenvalue weighted by molar-refractivity contribution is -0.385. The van der Waals surface area contributed by atoms with Crippen molar-refractivity contribution in [3.8, 4) is 5.75 Å². The average Bonchev–Trinajstić information content (AvgIpc) is 2.78. The van der Waals surface area contributed by atoms with Crippen LogP contribution < -0.4 is 0 Å². The highest BCUT2D eigenvalue weighted by Gasteiger charge is 2.26. The molecule has 6 heteroatoms. The fraction of sp³-hybridized carbons (Fsp3) is 0. The summed E-state index contributed by atoms with van der Waals surface area (Å²) in [5.74, 6) is -0.569. The first-order valence-electron chi connectivity index (χ1n) is 6.07. The smallest absolute Gasteiger partial charge is 0.311 e. The third-order valence-corrected chi connectivity index (χ3v) is 4.20. The highest BCUT2D eigenvalue weighted by molar-refractivity contribution is 8.04. The molecule has 0 aliphatic carbocycles. The third-order valence-electron chi connectivity index (χ3n) is 3.10. The van der Waals surface area contributed by atoms with Crippen LogP contribution in [0, 0.1) is 10.1 Å². The standard InChI is InChI=1S/C15H9NO4S/c17-14-9(4-3-6-11(14)16(19)20)8-13-15(18)10-5-1-2-7-12(10)21-13/h1-8,17H/b13-8+. The number of para-hydroxylation sites is 1. The molecule has 0 radical (unpaired) electrons. The number of nitro groups is 1. The van der Waals surface area contributed by atoms with Crippen molar-refractivity contribution in [1.29, 1.82) is 0 Å². The number of carbonyl (C=O) groups is 1. The number of benzene rings is 2. The molecule has 0 bridgehead atoms. The third kappa shape index (κ3) is 2.30. The molecule has 0 atom stereocenters.